The van der Waals surface area contributed by atoms with E-state index in [1.165, 1.54) is 0 Å². The van der Waals surface area contributed by atoms with Crippen molar-refractivity contribution in [2.75, 3.05) is 0 Å². The number of rotatable bonds is 3. The van der Waals surface area contributed by atoms with Crippen LogP contribution in [0.25, 0.3) is 10.9 Å². The minimum Gasteiger partial charge on any atom is -0.476 e. The van der Waals surface area contributed by atoms with Crippen LogP contribution in [0.1, 0.15) is 28.5 Å². The molecule has 0 radical (unpaired) electrons. The van der Waals surface area contributed by atoms with Gasteiger partial charge in [0.25, 0.3) is 0 Å². The van der Waals surface area contributed by atoms with Crippen molar-refractivity contribution in [2.45, 2.75) is 13.5 Å². The number of carboxylic acid groups (broad SMARTS) is 1. The minimum absolute atomic E-state index is 0.0465. The van der Waals surface area contributed by atoms with Gasteiger partial charge in [0.15, 0.2) is 5.69 Å². The van der Waals surface area contributed by atoms with Crippen molar-refractivity contribution in [2.24, 2.45) is 0 Å². The molecule has 1 N–H and O–H groups in total. The number of halogens is 1. The molecular formula is C18H13ClN2O2. The third-order valence-corrected chi connectivity index (χ3v) is 3.85. The summed E-state index contributed by atoms with van der Waals surface area (Å²) in [5.74, 6) is 4.74. The molecule has 0 aliphatic carbocycles. The van der Waals surface area contributed by atoms with E-state index in [2.05, 4.69) is 16.9 Å². The van der Waals surface area contributed by atoms with Crippen LogP contribution < -0.4 is 0 Å². The number of carboxylic acids is 1. The third-order valence-electron chi connectivity index (χ3n) is 3.50. The SMILES string of the molecule is CC#Cc1ccc(Cn2nc(C(=O)O)c3ccccc32)c(Cl)c1. The topological polar surface area (TPSA) is 55.1 Å². The van der Waals surface area contributed by atoms with Crippen molar-refractivity contribution in [1.29, 1.82) is 0 Å². The van der Waals surface area contributed by atoms with Gasteiger partial charge < -0.3 is 5.11 Å². The second-order valence-electron chi connectivity index (χ2n) is 5.01. The van der Waals surface area contributed by atoms with Gasteiger partial charge in [0, 0.05) is 16.0 Å². The van der Waals surface area contributed by atoms with Crippen molar-refractivity contribution < 1.29 is 9.90 Å². The lowest BCUT2D eigenvalue weighted by Gasteiger charge is -2.06. The van der Waals surface area contributed by atoms with Crippen molar-refractivity contribution in [3.05, 3.63) is 64.3 Å². The summed E-state index contributed by atoms with van der Waals surface area (Å²) in [7, 11) is 0. The van der Waals surface area contributed by atoms with Crippen molar-refractivity contribution in [3.8, 4) is 11.8 Å². The number of aromatic nitrogens is 2. The monoisotopic (exact) mass is 324 g/mol. The second-order valence-corrected chi connectivity index (χ2v) is 5.42. The molecule has 3 rings (SSSR count). The maximum Gasteiger partial charge on any atom is 0.357 e. The van der Waals surface area contributed by atoms with Gasteiger partial charge in [-0.3, -0.25) is 4.68 Å². The smallest absolute Gasteiger partial charge is 0.357 e. The summed E-state index contributed by atoms with van der Waals surface area (Å²) in [4.78, 5) is 11.3. The quantitative estimate of drug-likeness (QED) is 0.745. The molecule has 0 aliphatic heterocycles. The largest absolute Gasteiger partial charge is 0.476 e. The number of hydrogen-bond acceptors (Lipinski definition) is 2. The molecule has 0 amide bonds. The average molecular weight is 325 g/mol. The van der Waals surface area contributed by atoms with E-state index in [0.717, 1.165) is 16.6 Å². The van der Waals surface area contributed by atoms with E-state index in [1.54, 1.807) is 29.8 Å². The fraction of sp³-hybridized carbons (Fsp3) is 0.111. The number of benzene rings is 2. The van der Waals surface area contributed by atoms with Crippen LogP contribution in [0.15, 0.2) is 42.5 Å². The van der Waals surface area contributed by atoms with Gasteiger partial charge in [0.1, 0.15) is 0 Å². The van der Waals surface area contributed by atoms with Crippen molar-refractivity contribution >= 4 is 28.5 Å². The summed E-state index contributed by atoms with van der Waals surface area (Å²) in [6, 6.07) is 12.8. The van der Waals surface area contributed by atoms with Crippen LogP contribution in [0.2, 0.25) is 5.02 Å². The summed E-state index contributed by atoms with van der Waals surface area (Å²) >= 11 is 6.31. The Balaban J connectivity index is 2.05. The molecule has 0 unspecified atom stereocenters. The zero-order valence-electron chi connectivity index (χ0n) is 12.4. The zero-order valence-corrected chi connectivity index (χ0v) is 13.1. The van der Waals surface area contributed by atoms with Crippen molar-refractivity contribution in [1.82, 2.24) is 9.78 Å². The summed E-state index contributed by atoms with van der Waals surface area (Å²) in [5.41, 5.74) is 2.51. The van der Waals surface area contributed by atoms with Gasteiger partial charge in [0.05, 0.1) is 12.1 Å². The van der Waals surface area contributed by atoms with Gasteiger partial charge in [-0.15, -0.1) is 5.92 Å². The first-order chi connectivity index (χ1) is 11.1. The van der Waals surface area contributed by atoms with Crippen LogP contribution in [0.4, 0.5) is 0 Å². The van der Waals surface area contributed by atoms with E-state index >= 15 is 0 Å². The lowest BCUT2D eigenvalue weighted by atomic mass is 10.1. The van der Waals surface area contributed by atoms with Gasteiger partial charge in [0.2, 0.25) is 0 Å². The van der Waals surface area contributed by atoms with E-state index in [9.17, 15) is 9.90 Å². The van der Waals surface area contributed by atoms with Crippen LogP contribution in [-0.2, 0) is 6.54 Å². The van der Waals surface area contributed by atoms with Crippen LogP contribution in [-0.4, -0.2) is 20.9 Å². The first-order valence-corrected chi connectivity index (χ1v) is 7.38. The Hall–Kier alpha value is -2.77. The number of fused-ring (bicyclic) bond motifs is 1. The molecule has 4 nitrogen and oxygen atoms in total. The van der Waals surface area contributed by atoms with E-state index in [0.29, 0.717) is 17.0 Å². The summed E-state index contributed by atoms with van der Waals surface area (Å²) in [5, 5.41) is 14.7. The van der Waals surface area contributed by atoms with Gasteiger partial charge in [-0.25, -0.2) is 4.79 Å². The zero-order chi connectivity index (χ0) is 16.4. The van der Waals surface area contributed by atoms with Crippen LogP contribution >= 0.6 is 11.6 Å². The Bertz CT molecular complexity index is 964. The highest BCUT2D eigenvalue weighted by Gasteiger charge is 2.16. The van der Waals surface area contributed by atoms with Gasteiger partial charge in [-0.2, -0.15) is 5.10 Å². The molecule has 0 fully saturated rings. The molecule has 114 valence electrons. The fourth-order valence-electron chi connectivity index (χ4n) is 2.46. The molecule has 0 bridgehead atoms. The first-order valence-electron chi connectivity index (χ1n) is 7.00. The lowest BCUT2D eigenvalue weighted by molar-refractivity contribution is 0.0691. The maximum atomic E-state index is 11.3. The average Bonchev–Trinajstić information content (AvgIpc) is 2.89. The Labute approximate surface area is 138 Å². The highest BCUT2D eigenvalue weighted by Crippen LogP contribution is 2.23. The first kappa shape index (κ1) is 15.1. The highest BCUT2D eigenvalue weighted by atomic mass is 35.5. The lowest BCUT2D eigenvalue weighted by Crippen LogP contribution is -2.05. The normalized spacial score (nSPS) is 10.3. The maximum absolute atomic E-state index is 11.3. The summed E-state index contributed by atoms with van der Waals surface area (Å²) < 4.78 is 1.66. The van der Waals surface area contributed by atoms with E-state index < -0.39 is 5.97 Å². The van der Waals surface area contributed by atoms with Crippen LogP contribution in [0, 0.1) is 11.8 Å². The highest BCUT2D eigenvalue weighted by molar-refractivity contribution is 6.31. The molecule has 5 heteroatoms. The van der Waals surface area contributed by atoms with Gasteiger partial charge >= 0.3 is 5.97 Å². The molecule has 0 atom stereocenters. The number of aromatic carboxylic acids is 1. The van der Waals surface area contributed by atoms with E-state index in [-0.39, 0.29) is 5.69 Å². The summed E-state index contributed by atoms with van der Waals surface area (Å²) in [6.45, 7) is 2.16. The molecule has 0 saturated heterocycles. The molecule has 1 aromatic heterocycles. The molecule has 0 aliphatic rings. The number of hydrogen-bond donors (Lipinski definition) is 1. The van der Waals surface area contributed by atoms with E-state index in [1.807, 2.05) is 24.3 Å². The Kier molecular flexibility index (Phi) is 4.05. The third kappa shape index (κ3) is 2.92. The second kappa shape index (κ2) is 6.15. The fourth-order valence-corrected chi connectivity index (χ4v) is 2.71. The van der Waals surface area contributed by atoms with Gasteiger partial charge in [-0.1, -0.05) is 41.8 Å². The molecule has 0 saturated carbocycles. The number of para-hydroxylation sites is 1. The molecule has 23 heavy (non-hydrogen) atoms. The van der Waals surface area contributed by atoms with Crippen molar-refractivity contribution in [3.63, 3.8) is 0 Å². The molecule has 0 spiro atoms. The molecule has 2 aromatic carbocycles. The van der Waals surface area contributed by atoms with Gasteiger partial charge in [-0.05, 0) is 30.7 Å². The molecule has 1 heterocycles. The van der Waals surface area contributed by atoms with Crippen LogP contribution in [0.5, 0.6) is 0 Å². The standard InChI is InChI=1S/C18H13ClN2O2/c1-2-5-12-8-9-13(15(19)10-12)11-21-16-7-4-3-6-14(16)17(20-21)18(22)23/h3-4,6-10H,11H2,1H3,(H,22,23). The summed E-state index contributed by atoms with van der Waals surface area (Å²) in [6.07, 6.45) is 0. The van der Waals surface area contributed by atoms with E-state index in [4.69, 9.17) is 11.6 Å². The Morgan fingerprint density at radius 1 is 1.30 bits per heavy atom. The number of nitrogens with zero attached hydrogens (tertiary/aromatic N) is 2. The molecule has 3 aromatic rings. The molecular weight excluding hydrogens is 312 g/mol. The number of carbonyl (C=O) groups is 1. The Morgan fingerprint density at radius 3 is 2.78 bits per heavy atom. The Morgan fingerprint density at radius 2 is 2.09 bits per heavy atom. The predicted molar refractivity (Wildman–Crippen MR) is 89.8 cm³/mol. The van der Waals surface area contributed by atoms with Crippen LogP contribution in [0.3, 0.4) is 0 Å². The predicted octanol–water partition coefficient (Wildman–Crippen LogP) is 3.81. The minimum atomic E-state index is -1.04.